The Bertz CT molecular complexity index is 257. The monoisotopic (exact) mass is 206 g/mol. The van der Waals surface area contributed by atoms with Gasteiger partial charge in [0, 0.05) is 5.57 Å². The van der Waals surface area contributed by atoms with Crippen molar-refractivity contribution in [2.24, 2.45) is 0 Å². The number of carbonyl (C=O) groups excluding carboxylic acids is 1. The van der Waals surface area contributed by atoms with Crippen molar-refractivity contribution in [2.45, 2.75) is 26.9 Å². The van der Waals surface area contributed by atoms with Gasteiger partial charge in [-0.05, 0) is 20.8 Å². The van der Waals surface area contributed by atoms with Crippen LogP contribution in [0, 0.1) is 0 Å². The molecule has 0 aliphatic heterocycles. The van der Waals surface area contributed by atoms with Crippen molar-refractivity contribution in [2.75, 3.05) is 6.66 Å². The molecule has 0 aromatic heterocycles. The van der Waals surface area contributed by atoms with E-state index in [1.54, 1.807) is 13.8 Å². The van der Waals surface area contributed by atoms with E-state index in [2.05, 4.69) is 11.1 Å². The van der Waals surface area contributed by atoms with Crippen molar-refractivity contribution >= 4 is 13.6 Å². The Labute approximate surface area is 78.5 Å². The molecule has 0 rings (SSSR count). The lowest BCUT2D eigenvalue weighted by Gasteiger charge is -2.15. The molecule has 5 heteroatoms. The van der Waals surface area contributed by atoms with Crippen molar-refractivity contribution in [1.29, 1.82) is 0 Å². The Hall–Kier alpha value is -0.600. The molecular formula is C8H15O4P. The van der Waals surface area contributed by atoms with E-state index in [4.69, 9.17) is 4.52 Å². The first-order valence-corrected chi connectivity index (χ1v) is 5.89. The van der Waals surface area contributed by atoms with Gasteiger partial charge in [-0.3, -0.25) is 4.52 Å². The minimum Gasteiger partial charge on any atom is -0.388 e. The molecule has 0 bridgehead atoms. The zero-order chi connectivity index (χ0) is 10.6. The summed E-state index contributed by atoms with van der Waals surface area (Å²) in [6, 6.07) is 0. The lowest BCUT2D eigenvalue weighted by molar-refractivity contribution is -0.130. The summed E-state index contributed by atoms with van der Waals surface area (Å²) in [5, 5.41) is 0. The summed E-state index contributed by atoms with van der Waals surface area (Å²) in [6.07, 6.45) is -0.242. The highest BCUT2D eigenvalue weighted by Gasteiger charge is 2.23. The van der Waals surface area contributed by atoms with E-state index < -0.39 is 13.6 Å². The van der Waals surface area contributed by atoms with Crippen molar-refractivity contribution in [3.8, 4) is 0 Å². The van der Waals surface area contributed by atoms with Crippen molar-refractivity contribution < 1.29 is 18.4 Å². The Morgan fingerprint density at radius 2 is 1.92 bits per heavy atom. The van der Waals surface area contributed by atoms with Gasteiger partial charge in [0.15, 0.2) is 0 Å². The molecule has 0 heterocycles. The highest BCUT2D eigenvalue weighted by molar-refractivity contribution is 7.53. The van der Waals surface area contributed by atoms with Crippen molar-refractivity contribution in [1.82, 2.24) is 0 Å². The van der Waals surface area contributed by atoms with E-state index in [1.165, 1.54) is 13.6 Å². The third-order valence-corrected chi connectivity index (χ3v) is 2.30. The molecule has 0 aromatic rings. The molecule has 0 N–H and O–H groups in total. The van der Waals surface area contributed by atoms with E-state index in [0.29, 0.717) is 0 Å². The summed E-state index contributed by atoms with van der Waals surface area (Å²) < 4.78 is 21.0. The van der Waals surface area contributed by atoms with Gasteiger partial charge in [-0.15, -0.1) is 0 Å². The van der Waals surface area contributed by atoms with Crippen LogP contribution in [-0.4, -0.2) is 18.7 Å². The quantitative estimate of drug-likeness (QED) is 0.523. The normalized spacial score (nSPS) is 15.2. The van der Waals surface area contributed by atoms with Gasteiger partial charge in [0.2, 0.25) is 0 Å². The van der Waals surface area contributed by atoms with Gasteiger partial charge in [-0.25, -0.2) is 9.36 Å². The Morgan fingerprint density at radius 3 is 2.23 bits per heavy atom. The summed E-state index contributed by atoms with van der Waals surface area (Å²) in [5.74, 6) is -0.688. The van der Waals surface area contributed by atoms with Gasteiger partial charge in [-0.2, -0.15) is 0 Å². The first-order chi connectivity index (χ1) is 5.74. The maximum Gasteiger partial charge on any atom is 0.378 e. The summed E-state index contributed by atoms with van der Waals surface area (Å²) in [7, 11) is -3.27. The summed E-state index contributed by atoms with van der Waals surface area (Å²) in [4.78, 5) is 11.0. The van der Waals surface area contributed by atoms with Gasteiger partial charge in [0.05, 0.1) is 12.8 Å². The molecular weight excluding hydrogens is 191 g/mol. The third kappa shape index (κ3) is 5.61. The predicted octanol–water partition coefficient (Wildman–Crippen LogP) is 2.35. The van der Waals surface area contributed by atoms with E-state index in [9.17, 15) is 9.36 Å². The smallest absolute Gasteiger partial charge is 0.378 e. The van der Waals surface area contributed by atoms with Gasteiger partial charge in [0.1, 0.15) is 0 Å². The van der Waals surface area contributed by atoms with Crippen molar-refractivity contribution in [3.05, 3.63) is 12.2 Å². The SMILES string of the molecule is C=C(C)C(=O)OP(C)(=O)OC(C)C. The molecule has 0 aliphatic rings. The Balaban J connectivity index is 4.26. The van der Waals surface area contributed by atoms with Crippen LogP contribution < -0.4 is 0 Å². The van der Waals surface area contributed by atoms with Crippen LogP contribution in [0.4, 0.5) is 0 Å². The number of hydrogen-bond donors (Lipinski definition) is 0. The molecule has 13 heavy (non-hydrogen) atoms. The second kappa shape index (κ2) is 4.58. The Kier molecular flexibility index (Phi) is 4.37. The molecule has 1 unspecified atom stereocenters. The zero-order valence-corrected chi connectivity index (χ0v) is 9.26. The van der Waals surface area contributed by atoms with Crippen LogP contribution in [0.25, 0.3) is 0 Å². The molecule has 1 atom stereocenters. The lowest BCUT2D eigenvalue weighted by atomic mass is 10.4. The van der Waals surface area contributed by atoms with Gasteiger partial charge < -0.3 is 4.52 Å². The van der Waals surface area contributed by atoms with E-state index in [-0.39, 0.29) is 11.7 Å². The molecule has 76 valence electrons. The highest BCUT2D eigenvalue weighted by Crippen LogP contribution is 2.45. The highest BCUT2D eigenvalue weighted by atomic mass is 31.2. The van der Waals surface area contributed by atoms with Crippen molar-refractivity contribution in [3.63, 3.8) is 0 Å². The lowest BCUT2D eigenvalue weighted by Crippen LogP contribution is -2.07. The van der Waals surface area contributed by atoms with E-state index >= 15 is 0 Å². The number of hydrogen-bond acceptors (Lipinski definition) is 4. The van der Waals surface area contributed by atoms with Gasteiger partial charge >= 0.3 is 13.6 Å². The number of rotatable bonds is 4. The molecule has 0 radical (unpaired) electrons. The molecule has 4 nitrogen and oxygen atoms in total. The van der Waals surface area contributed by atoms with Crippen LogP contribution in [0.15, 0.2) is 12.2 Å². The second-order valence-electron chi connectivity index (χ2n) is 3.08. The largest absolute Gasteiger partial charge is 0.388 e. The third-order valence-electron chi connectivity index (χ3n) is 0.999. The van der Waals surface area contributed by atoms with Crippen LogP contribution in [0.2, 0.25) is 0 Å². The van der Waals surface area contributed by atoms with Crippen LogP contribution in [0.3, 0.4) is 0 Å². The molecule has 0 aliphatic carbocycles. The first kappa shape index (κ1) is 12.4. The fourth-order valence-corrected chi connectivity index (χ4v) is 1.90. The maximum atomic E-state index is 11.4. The minimum atomic E-state index is -3.27. The standard InChI is InChI=1S/C8H15O4P/c1-6(2)8(9)12-13(5,10)11-7(3)4/h7H,1H2,2-5H3. The van der Waals surface area contributed by atoms with E-state index in [0.717, 1.165) is 0 Å². The topological polar surface area (TPSA) is 52.6 Å². The summed E-state index contributed by atoms with van der Waals surface area (Å²) in [6.45, 7) is 9.53. The predicted molar refractivity (Wildman–Crippen MR) is 50.7 cm³/mol. The molecule has 0 amide bonds. The average molecular weight is 206 g/mol. The Morgan fingerprint density at radius 1 is 1.46 bits per heavy atom. The maximum absolute atomic E-state index is 11.4. The molecule has 0 saturated heterocycles. The van der Waals surface area contributed by atoms with Crippen LogP contribution in [0.1, 0.15) is 20.8 Å². The van der Waals surface area contributed by atoms with Crippen LogP contribution in [0.5, 0.6) is 0 Å². The van der Waals surface area contributed by atoms with Crippen LogP contribution >= 0.6 is 7.60 Å². The minimum absolute atomic E-state index is 0.203. The molecule has 0 fully saturated rings. The fourth-order valence-electron chi connectivity index (χ4n) is 0.633. The van der Waals surface area contributed by atoms with E-state index in [1.807, 2.05) is 0 Å². The van der Waals surface area contributed by atoms with Gasteiger partial charge in [0.25, 0.3) is 0 Å². The average Bonchev–Trinajstić information content (AvgIpc) is 1.81. The molecule has 0 saturated carbocycles. The summed E-state index contributed by atoms with van der Waals surface area (Å²) in [5.41, 5.74) is 0.203. The second-order valence-corrected chi connectivity index (χ2v) is 5.02. The van der Waals surface area contributed by atoms with Gasteiger partial charge in [-0.1, -0.05) is 6.58 Å². The van der Waals surface area contributed by atoms with Crippen LogP contribution in [-0.2, 0) is 18.4 Å². The molecule has 0 spiro atoms. The zero-order valence-electron chi connectivity index (χ0n) is 8.36. The number of carbonyl (C=O) groups is 1. The fraction of sp³-hybridized carbons (Fsp3) is 0.625. The first-order valence-electron chi connectivity index (χ1n) is 3.90. The molecule has 0 aromatic carbocycles. The summed E-state index contributed by atoms with van der Waals surface area (Å²) >= 11 is 0.